The summed E-state index contributed by atoms with van der Waals surface area (Å²) in [6.07, 6.45) is 2.16. The number of hydrogen-bond acceptors (Lipinski definition) is 2. The van der Waals surface area contributed by atoms with Gasteiger partial charge >= 0.3 is 0 Å². The molecule has 1 rings (SSSR count). The normalized spacial score (nSPS) is 11.0. The maximum Gasteiger partial charge on any atom is 0.129 e. The zero-order chi connectivity index (χ0) is 12.0. The lowest BCUT2D eigenvalue weighted by Crippen LogP contribution is -2.26. The summed E-state index contributed by atoms with van der Waals surface area (Å²) in [6.45, 7) is 6.85. The summed E-state index contributed by atoms with van der Waals surface area (Å²) in [5, 5.41) is 0. The van der Waals surface area contributed by atoms with Crippen LogP contribution in [0.5, 0.6) is 0 Å². The molecule has 0 fully saturated rings. The molecule has 0 aliphatic heterocycles. The van der Waals surface area contributed by atoms with E-state index >= 15 is 0 Å². The predicted molar refractivity (Wildman–Crippen MR) is 66.7 cm³/mol. The third-order valence-corrected chi connectivity index (χ3v) is 2.62. The minimum atomic E-state index is -0.197. The summed E-state index contributed by atoms with van der Waals surface area (Å²) < 4.78 is 13.6. The molecule has 0 saturated heterocycles. The van der Waals surface area contributed by atoms with E-state index in [0.29, 0.717) is 17.8 Å². The van der Waals surface area contributed by atoms with Gasteiger partial charge in [-0.05, 0) is 38.1 Å². The van der Waals surface area contributed by atoms with Crippen LogP contribution in [0.1, 0.15) is 32.3 Å². The van der Waals surface area contributed by atoms with Crippen LogP contribution in [-0.2, 0) is 6.54 Å². The van der Waals surface area contributed by atoms with Crippen LogP contribution in [0.25, 0.3) is 0 Å². The van der Waals surface area contributed by atoms with Crippen LogP contribution in [0.4, 0.5) is 10.1 Å². The van der Waals surface area contributed by atoms with Crippen molar-refractivity contribution in [3.63, 3.8) is 0 Å². The van der Waals surface area contributed by atoms with E-state index in [1.54, 1.807) is 12.1 Å². The summed E-state index contributed by atoms with van der Waals surface area (Å²) in [7, 11) is 0. The fraction of sp³-hybridized carbons (Fsp3) is 0.538. The third-order valence-electron chi connectivity index (χ3n) is 2.62. The average molecular weight is 224 g/mol. The summed E-state index contributed by atoms with van der Waals surface area (Å²) in [5.41, 5.74) is 6.98. The van der Waals surface area contributed by atoms with Crippen molar-refractivity contribution in [1.29, 1.82) is 0 Å². The highest BCUT2D eigenvalue weighted by Crippen LogP contribution is 2.18. The van der Waals surface area contributed by atoms with Crippen LogP contribution in [0, 0.1) is 5.82 Å². The number of halogens is 1. The van der Waals surface area contributed by atoms with Crippen LogP contribution in [-0.4, -0.2) is 18.0 Å². The molecule has 0 aliphatic carbocycles. The van der Waals surface area contributed by atoms with Crippen LogP contribution in [0.3, 0.4) is 0 Å². The maximum absolute atomic E-state index is 13.6. The van der Waals surface area contributed by atoms with Gasteiger partial charge in [0.05, 0.1) is 0 Å². The van der Waals surface area contributed by atoms with E-state index in [0.717, 1.165) is 25.9 Å². The van der Waals surface area contributed by atoms with E-state index < -0.39 is 0 Å². The fourth-order valence-corrected chi connectivity index (χ4v) is 1.87. The highest BCUT2D eigenvalue weighted by Gasteiger charge is 2.10. The molecule has 0 unspecified atom stereocenters. The predicted octanol–water partition coefficient (Wildman–Crippen LogP) is 3.03. The molecule has 3 heteroatoms. The molecule has 2 nitrogen and oxygen atoms in total. The first kappa shape index (κ1) is 13.0. The molecule has 0 aromatic heterocycles. The van der Waals surface area contributed by atoms with Gasteiger partial charge in [0.1, 0.15) is 5.82 Å². The van der Waals surface area contributed by atoms with E-state index in [2.05, 4.69) is 18.7 Å². The number of hydrogen-bond donors (Lipinski definition) is 1. The van der Waals surface area contributed by atoms with E-state index in [1.165, 1.54) is 6.07 Å². The second-order valence-electron chi connectivity index (χ2n) is 4.08. The number of nitrogens with two attached hydrogens (primary N) is 1. The first-order chi connectivity index (χ1) is 7.69. The van der Waals surface area contributed by atoms with E-state index in [4.69, 9.17) is 5.73 Å². The Morgan fingerprint density at radius 2 is 1.81 bits per heavy atom. The topological polar surface area (TPSA) is 29.3 Å². The van der Waals surface area contributed by atoms with Crippen molar-refractivity contribution in [2.24, 2.45) is 0 Å². The van der Waals surface area contributed by atoms with Gasteiger partial charge in [0.25, 0.3) is 0 Å². The number of nitrogens with zero attached hydrogens (tertiary/aromatic N) is 1. The molecule has 1 aromatic rings. The highest BCUT2D eigenvalue weighted by atomic mass is 19.1. The molecule has 0 bridgehead atoms. The van der Waals surface area contributed by atoms with Crippen LogP contribution in [0.15, 0.2) is 18.2 Å². The van der Waals surface area contributed by atoms with E-state index in [-0.39, 0.29) is 5.82 Å². The van der Waals surface area contributed by atoms with Gasteiger partial charge in [0.2, 0.25) is 0 Å². The molecular weight excluding hydrogens is 203 g/mol. The second kappa shape index (κ2) is 6.48. The lowest BCUT2D eigenvalue weighted by molar-refractivity contribution is 0.263. The van der Waals surface area contributed by atoms with Crippen molar-refractivity contribution < 1.29 is 4.39 Å². The van der Waals surface area contributed by atoms with Crippen LogP contribution < -0.4 is 5.73 Å². The zero-order valence-corrected chi connectivity index (χ0v) is 10.2. The van der Waals surface area contributed by atoms with Gasteiger partial charge in [-0.1, -0.05) is 19.9 Å². The monoisotopic (exact) mass is 224 g/mol. The van der Waals surface area contributed by atoms with Gasteiger partial charge in [0.15, 0.2) is 0 Å². The van der Waals surface area contributed by atoms with Crippen molar-refractivity contribution >= 4 is 5.69 Å². The van der Waals surface area contributed by atoms with Gasteiger partial charge < -0.3 is 5.73 Å². The molecule has 90 valence electrons. The average Bonchev–Trinajstić information content (AvgIpc) is 2.24. The minimum Gasteiger partial charge on any atom is -0.398 e. The highest BCUT2D eigenvalue weighted by molar-refractivity contribution is 5.47. The third kappa shape index (κ3) is 3.49. The summed E-state index contributed by atoms with van der Waals surface area (Å²) in [6, 6.07) is 4.88. The van der Waals surface area contributed by atoms with Gasteiger partial charge in [-0.15, -0.1) is 0 Å². The number of anilines is 1. The van der Waals surface area contributed by atoms with Crippen molar-refractivity contribution in [1.82, 2.24) is 4.90 Å². The molecule has 2 N–H and O–H groups in total. The largest absolute Gasteiger partial charge is 0.398 e. The van der Waals surface area contributed by atoms with Crippen LogP contribution in [0.2, 0.25) is 0 Å². The number of nitrogen functional groups attached to an aromatic ring is 1. The maximum atomic E-state index is 13.6. The number of rotatable bonds is 6. The molecule has 0 atom stereocenters. The van der Waals surface area contributed by atoms with Gasteiger partial charge in [-0.2, -0.15) is 0 Å². The summed E-state index contributed by atoms with van der Waals surface area (Å²) >= 11 is 0. The Morgan fingerprint density at radius 3 is 2.31 bits per heavy atom. The fourth-order valence-electron chi connectivity index (χ4n) is 1.87. The van der Waals surface area contributed by atoms with Crippen molar-refractivity contribution in [3.8, 4) is 0 Å². The first-order valence-electron chi connectivity index (χ1n) is 5.94. The van der Waals surface area contributed by atoms with E-state index in [1.807, 2.05) is 0 Å². The Kier molecular flexibility index (Phi) is 5.26. The SMILES string of the molecule is CCCN(CCC)Cc1c(N)cccc1F. The zero-order valence-electron chi connectivity index (χ0n) is 10.2. The van der Waals surface area contributed by atoms with Crippen LogP contribution >= 0.6 is 0 Å². The minimum absolute atomic E-state index is 0.197. The van der Waals surface area contributed by atoms with Gasteiger partial charge in [0, 0.05) is 17.8 Å². The first-order valence-corrected chi connectivity index (χ1v) is 5.94. The van der Waals surface area contributed by atoms with Gasteiger partial charge in [-0.25, -0.2) is 4.39 Å². The molecule has 0 radical (unpaired) electrons. The number of benzene rings is 1. The Labute approximate surface area is 97.3 Å². The van der Waals surface area contributed by atoms with Crippen molar-refractivity contribution in [3.05, 3.63) is 29.6 Å². The van der Waals surface area contributed by atoms with Crippen molar-refractivity contribution in [2.75, 3.05) is 18.8 Å². The lowest BCUT2D eigenvalue weighted by atomic mass is 10.1. The Hall–Kier alpha value is -1.09. The molecular formula is C13H21FN2. The lowest BCUT2D eigenvalue weighted by Gasteiger charge is -2.22. The summed E-state index contributed by atoms with van der Waals surface area (Å²) in [4.78, 5) is 2.24. The van der Waals surface area contributed by atoms with E-state index in [9.17, 15) is 4.39 Å². The molecule has 1 aromatic carbocycles. The molecule has 0 aliphatic rings. The molecule has 0 heterocycles. The standard InChI is InChI=1S/C13H21FN2/c1-3-8-16(9-4-2)10-11-12(14)6-5-7-13(11)15/h5-7H,3-4,8-10,15H2,1-2H3. The molecule has 0 amide bonds. The Balaban J connectivity index is 2.76. The van der Waals surface area contributed by atoms with Gasteiger partial charge in [-0.3, -0.25) is 4.90 Å². The second-order valence-corrected chi connectivity index (χ2v) is 4.08. The van der Waals surface area contributed by atoms with Crippen molar-refractivity contribution in [2.45, 2.75) is 33.2 Å². The summed E-state index contributed by atoms with van der Waals surface area (Å²) in [5.74, 6) is -0.197. The quantitative estimate of drug-likeness (QED) is 0.753. The molecule has 0 spiro atoms. The smallest absolute Gasteiger partial charge is 0.129 e. The Morgan fingerprint density at radius 1 is 1.19 bits per heavy atom. The molecule has 0 saturated carbocycles. The Bertz CT molecular complexity index is 299. The molecule has 16 heavy (non-hydrogen) atoms.